The van der Waals surface area contributed by atoms with Crippen LogP contribution in [0.2, 0.25) is 0 Å². The molecule has 1 heterocycles. The highest BCUT2D eigenvalue weighted by atomic mass is 16.4. The topological polar surface area (TPSA) is 79.5 Å². The van der Waals surface area contributed by atoms with Crippen molar-refractivity contribution >= 4 is 17.6 Å². The monoisotopic (exact) mass is 169 g/mol. The van der Waals surface area contributed by atoms with Crippen molar-refractivity contribution in [1.82, 2.24) is 0 Å². The number of rotatable bonds is 2. The highest BCUT2D eigenvalue weighted by Gasteiger charge is 2.13. The molecular formula is C7H7NO4. The number of furan rings is 1. The molecule has 0 aliphatic carbocycles. The van der Waals surface area contributed by atoms with Crippen LogP contribution in [-0.2, 0) is 4.79 Å². The minimum Gasteiger partial charge on any atom is -0.475 e. The molecule has 1 aromatic heterocycles. The molecular weight excluding hydrogens is 162 g/mol. The molecule has 64 valence electrons. The summed E-state index contributed by atoms with van der Waals surface area (Å²) in [5, 5.41) is 10.8. The maximum atomic E-state index is 10.5. The maximum Gasteiger partial charge on any atom is 0.374 e. The van der Waals surface area contributed by atoms with Crippen LogP contribution in [-0.4, -0.2) is 17.0 Å². The van der Waals surface area contributed by atoms with Gasteiger partial charge in [0.15, 0.2) is 0 Å². The van der Waals surface area contributed by atoms with Crippen molar-refractivity contribution in [2.45, 2.75) is 6.92 Å². The first-order chi connectivity index (χ1) is 5.61. The van der Waals surface area contributed by atoms with Crippen LogP contribution < -0.4 is 5.32 Å². The van der Waals surface area contributed by atoms with E-state index in [1.807, 2.05) is 0 Å². The first-order valence-electron chi connectivity index (χ1n) is 3.19. The lowest BCUT2D eigenvalue weighted by Crippen LogP contribution is -2.08. The lowest BCUT2D eigenvalue weighted by molar-refractivity contribution is -0.114. The SMILES string of the molecule is CC(=O)Nc1ccoc1C(=O)O. The summed E-state index contributed by atoms with van der Waals surface area (Å²) in [5.74, 6) is -1.80. The number of aromatic carboxylic acids is 1. The molecule has 1 aromatic rings. The Bertz CT molecular complexity index is 315. The van der Waals surface area contributed by atoms with E-state index in [2.05, 4.69) is 9.73 Å². The number of hydrogen-bond acceptors (Lipinski definition) is 3. The lowest BCUT2D eigenvalue weighted by Gasteiger charge is -1.97. The van der Waals surface area contributed by atoms with Gasteiger partial charge in [-0.25, -0.2) is 4.79 Å². The molecule has 1 amide bonds. The van der Waals surface area contributed by atoms with E-state index >= 15 is 0 Å². The van der Waals surface area contributed by atoms with Crippen molar-refractivity contribution in [3.8, 4) is 0 Å². The summed E-state index contributed by atoms with van der Waals surface area (Å²) in [6.45, 7) is 1.29. The largest absolute Gasteiger partial charge is 0.475 e. The second-order valence-corrected chi connectivity index (χ2v) is 2.15. The van der Waals surface area contributed by atoms with Gasteiger partial charge in [0, 0.05) is 13.0 Å². The Balaban J connectivity index is 2.91. The fourth-order valence-electron chi connectivity index (χ4n) is 0.763. The molecule has 1 rings (SSSR count). The number of carbonyl (C=O) groups excluding carboxylic acids is 1. The van der Waals surface area contributed by atoms with Gasteiger partial charge < -0.3 is 14.8 Å². The Kier molecular flexibility index (Phi) is 2.14. The Morgan fingerprint density at radius 1 is 1.58 bits per heavy atom. The van der Waals surface area contributed by atoms with E-state index in [0.717, 1.165) is 0 Å². The molecule has 0 spiro atoms. The first kappa shape index (κ1) is 8.32. The molecule has 5 heteroatoms. The summed E-state index contributed by atoms with van der Waals surface area (Å²) in [4.78, 5) is 21.0. The maximum absolute atomic E-state index is 10.5. The Morgan fingerprint density at radius 3 is 2.75 bits per heavy atom. The number of hydrogen-bond donors (Lipinski definition) is 2. The van der Waals surface area contributed by atoms with Crippen LogP contribution in [0.5, 0.6) is 0 Å². The normalized spacial score (nSPS) is 9.42. The highest BCUT2D eigenvalue weighted by Crippen LogP contribution is 2.15. The van der Waals surface area contributed by atoms with E-state index in [-0.39, 0.29) is 17.4 Å². The molecule has 0 atom stereocenters. The van der Waals surface area contributed by atoms with Crippen LogP contribution in [0, 0.1) is 0 Å². The minimum absolute atomic E-state index is 0.176. The predicted molar refractivity (Wildman–Crippen MR) is 40.0 cm³/mol. The van der Waals surface area contributed by atoms with E-state index in [9.17, 15) is 9.59 Å². The summed E-state index contributed by atoms with van der Waals surface area (Å²) in [6.07, 6.45) is 1.20. The Morgan fingerprint density at radius 2 is 2.25 bits per heavy atom. The summed E-state index contributed by atoms with van der Waals surface area (Å²) in [6, 6.07) is 1.38. The van der Waals surface area contributed by atoms with Crippen LogP contribution in [0.25, 0.3) is 0 Å². The van der Waals surface area contributed by atoms with Crippen molar-refractivity contribution in [1.29, 1.82) is 0 Å². The zero-order valence-corrected chi connectivity index (χ0v) is 6.33. The predicted octanol–water partition coefficient (Wildman–Crippen LogP) is 0.936. The molecule has 0 radical (unpaired) electrons. The number of carboxylic acids is 1. The zero-order chi connectivity index (χ0) is 9.14. The zero-order valence-electron chi connectivity index (χ0n) is 6.33. The average Bonchev–Trinajstić information content (AvgIpc) is 2.33. The van der Waals surface area contributed by atoms with Gasteiger partial charge >= 0.3 is 5.97 Å². The highest BCUT2D eigenvalue weighted by molar-refractivity contribution is 5.97. The first-order valence-corrected chi connectivity index (χ1v) is 3.19. The third kappa shape index (κ3) is 1.63. The van der Waals surface area contributed by atoms with Crippen molar-refractivity contribution in [2.24, 2.45) is 0 Å². The average molecular weight is 169 g/mol. The van der Waals surface area contributed by atoms with Crippen molar-refractivity contribution < 1.29 is 19.1 Å². The van der Waals surface area contributed by atoms with Gasteiger partial charge in [0.05, 0.1) is 12.0 Å². The van der Waals surface area contributed by atoms with Gasteiger partial charge in [-0.05, 0) is 0 Å². The van der Waals surface area contributed by atoms with Crippen LogP contribution in [0.3, 0.4) is 0 Å². The van der Waals surface area contributed by atoms with Crippen LogP contribution >= 0.6 is 0 Å². The van der Waals surface area contributed by atoms with Gasteiger partial charge in [0.1, 0.15) is 0 Å². The number of anilines is 1. The van der Waals surface area contributed by atoms with E-state index in [1.165, 1.54) is 19.3 Å². The van der Waals surface area contributed by atoms with Crippen molar-refractivity contribution in [2.75, 3.05) is 5.32 Å². The van der Waals surface area contributed by atoms with Gasteiger partial charge in [-0.3, -0.25) is 4.79 Å². The molecule has 0 bridgehead atoms. The molecule has 2 N–H and O–H groups in total. The molecule has 12 heavy (non-hydrogen) atoms. The van der Waals surface area contributed by atoms with Gasteiger partial charge in [0.25, 0.3) is 0 Å². The summed E-state index contributed by atoms with van der Waals surface area (Å²) < 4.78 is 4.61. The molecule has 0 unspecified atom stereocenters. The van der Waals surface area contributed by atoms with Crippen molar-refractivity contribution in [3.05, 3.63) is 18.1 Å². The van der Waals surface area contributed by atoms with Crippen LogP contribution in [0.15, 0.2) is 16.7 Å². The van der Waals surface area contributed by atoms with Crippen molar-refractivity contribution in [3.63, 3.8) is 0 Å². The lowest BCUT2D eigenvalue weighted by atomic mass is 10.4. The molecule has 0 saturated carbocycles. The summed E-state index contributed by atoms with van der Waals surface area (Å²) in [7, 11) is 0. The van der Waals surface area contributed by atoms with E-state index in [4.69, 9.17) is 5.11 Å². The van der Waals surface area contributed by atoms with Gasteiger partial charge in [0.2, 0.25) is 11.7 Å². The molecule has 0 fully saturated rings. The van der Waals surface area contributed by atoms with E-state index in [1.54, 1.807) is 0 Å². The van der Waals surface area contributed by atoms with E-state index < -0.39 is 5.97 Å². The van der Waals surface area contributed by atoms with Gasteiger partial charge in [-0.15, -0.1) is 0 Å². The summed E-state index contributed by atoms with van der Waals surface area (Å²) >= 11 is 0. The van der Waals surface area contributed by atoms with Crippen LogP contribution in [0.1, 0.15) is 17.5 Å². The minimum atomic E-state index is -1.20. The number of carbonyl (C=O) groups is 2. The smallest absolute Gasteiger partial charge is 0.374 e. The molecule has 0 saturated heterocycles. The number of amides is 1. The third-order valence-electron chi connectivity index (χ3n) is 1.17. The van der Waals surface area contributed by atoms with Gasteiger partial charge in [-0.1, -0.05) is 0 Å². The molecule has 0 aliphatic heterocycles. The number of nitrogens with one attached hydrogen (secondary N) is 1. The Labute approximate surface area is 68.0 Å². The molecule has 0 aliphatic rings. The second kappa shape index (κ2) is 3.08. The Hall–Kier alpha value is -1.78. The van der Waals surface area contributed by atoms with Gasteiger partial charge in [-0.2, -0.15) is 0 Å². The quantitative estimate of drug-likeness (QED) is 0.690. The van der Waals surface area contributed by atoms with E-state index in [0.29, 0.717) is 0 Å². The molecule has 5 nitrogen and oxygen atoms in total. The molecule has 0 aromatic carbocycles. The fourth-order valence-corrected chi connectivity index (χ4v) is 0.763. The summed E-state index contributed by atoms with van der Waals surface area (Å²) in [5.41, 5.74) is 0.176. The van der Waals surface area contributed by atoms with Crippen LogP contribution in [0.4, 0.5) is 5.69 Å². The fraction of sp³-hybridized carbons (Fsp3) is 0.143. The number of carboxylic acid groups (broad SMARTS) is 1. The second-order valence-electron chi connectivity index (χ2n) is 2.15. The third-order valence-corrected chi connectivity index (χ3v) is 1.17. The standard InChI is InChI=1S/C7H7NO4/c1-4(9)8-5-2-3-12-6(5)7(10)11/h2-3H,1H3,(H,8,9)(H,10,11).